The molecule has 2 unspecified atom stereocenters. The molecular formula is C20H20ClN5O2. The predicted octanol–water partition coefficient (Wildman–Crippen LogP) is 3.96. The van der Waals surface area contributed by atoms with Crippen molar-refractivity contribution in [2.24, 2.45) is 0 Å². The Bertz CT molecular complexity index is 945. The third kappa shape index (κ3) is 4.16. The van der Waals surface area contributed by atoms with Crippen molar-refractivity contribution in [1.82, 2.24) is 20.4 Å². The molecule has 1 fully saturated rings. The number of anilines is 1. The van der Waals surface area contributed by atoms with Crippen molar-refractivity contribution in [3.63, 3.8) is 0 Å². The van der Waals surface area contributed by atoms with E-state index in [-0.39, 0.29) is 18.1 Å². The topological polar surface area (TPSA) is 83.3 Å². The molecule has 2 amide bonds. The minimum Gasteiger partial charge on any atom is -0.337 e. The lowest BCUT2D eigenvalue weighted by atomic mass is 10.1. The highest BCUT2D eigenvalue weighted by Gasteiger charge is 2.35. The standard InChI is InChI=1S/C20H20ClN5O2/c1-26-12-16(23-20(27)22-15-9-7-14(21)8-10-15)11-17(26)19-24-18(25-28-19)13-5-3-2-4-6-13/h2-10,16-17H,11-12H2,1H3,(H2,22,23,27). The second-order valence-electron chi connectivity index (χ2n) is 6.82. The van der Waals surface area contributed by atoms with Crippen molar-refractivity contribution in [3.05, 3.63) is 65.5 Å². The molecule has 0 saturated carbocycles. The number of amides is 2. The first kappa shape index (κ1) is 18.5. The highest BCUT2D eigenvalue weighted by Crippen LogP contribution is 2.31. The maximum absolute atomic E-state index is 12.3. The Balaban J connectivity index is 1.37. The van der Waals surface area contributed by atoms with Crippen molar-refractivity contribution in [2.45, 2.75) is 18.5 Å². The van der Waals surface area contributed by atoms with Gasteiger partial charge in [-0.3, -0.25) is 4.90 Å². The first-order chi connectivity index (χ1) is 13.6. The van der Waals surface area contributed by atoms with Crippen LogP contribution in [-0.4, -0.2) is 40.7 Å². The smallest absolute Gasteiger partial charge is 0.319 e. The second-order valence-corrected chi connectivity index (χ2v) is 7.25. The molecule has 7 nitrogen and oxygen atoms in total. The van der Waals surface area contributed by atoms with Crippen LogP contribution in [0.25, 0.3) is 11.4 Å². The lowest BCUT2D eigenvalue weighted by molar-refractivity contribution is 0.243. The largest absolute Gasteiger partial charge is 0.337 e. The van der Waals surface area contributed by atoms with Gasteiger partial charge in [0.2, 0.25) is 11.7 Å². The molecule has 144 valence electrons. The molecule has 4 rings (SSSR count). The number of hydrogen-bond acceptors (Lipinski definition) is 5. The number of carbonyl (C=O) groups is 1. The zero-order chi connectivity index (χ0) is 19.5. The summed E-state index contributed by atoms with van der Waals surface area (Å²) in [6, 6.07) is 16.4. The first-order valence-electron chi connectivity index (χ1n) is 9.01. The lowest BCUT2D eigenvalue weighted by Gasteiger charge is -2.14. The Morgan fingerprint density at radius 2 is 1.93 bits per heavy atom. The number of aromatic nitrogens is 2. The van der Waals surface area contributed by atoms with Crippen LogP contribution >= 0.6 is 11.6 Å². The van der Waals surface area contributed by atoms with Gasteiger partial charge in [0.05, 0.1) is 6.04 Å². The molecule has 28 heavy (non-hydrogen) atoms. The third-order valence-corrected chi connectivity index (χ3v) is 5.00. The quantitative estimate of drug-likeness (QED) is 0.696. The minimum absolute atomic E-state index is 0.0191. The fourth-order valence-corrected chi connectivity index (χ4v) is 3.48. The third-order valence-electron chi connectivity index (χ3n) is 4.74. The van der Waals surface area contributed by atoms with Gasteiger partial charge in [-0.15, -0.1) is 0 Å². The van der Waals surface area contributed by atoms with Crippen LogP contribution in [0.4, 0.5) is 10.5 Å². The molecule has 2 atom stereocenters. The average Bonchev–Trinajstić information content (AvgIpc) is 3.31. The Labute approximate surface area is 167 Å². The molecule has 2 aromatic carbocycles. The van der Waals surface area contributed by atoms with E-state index in [1.807, 2.05) is 37.4 Å². The second kappa shape index (κ2) is 8.00. The monoisotopic (exact) mass is 397 g/mol. The maximum atomic E-state index is 12.3. The predicted molar refractivity (Wildman–Crippen MR) is 107 cm³/mol. The summed E-state index contributed by atoms with van der Waals surface area (Å²) < 4.78 is 5.49. The Kier molecular flexibility index (Phi) is 5.27. The van der Waals surface area contributed by atoms with Crippen molar-refractivity contribution >= 4 is 23.3 Å². The summed E-state index contributed by atoms with van der Waals surface area (Å²) in [7, 11) is 1.98. The molecular weight excluding hydrogens is 378 g/mol. The molecule has 1 aliphatic rings. The van der Waals surface area contributed by atoms with E-state index in [1.54, 1.807) is 24.3 Å². The number of urea groups is 1. The van der Waals surface area contributed by atoms with Crippen LogP contribution in [-0.2, 0) is 0 Å². The number of carbonyl (C=O) groups excluding carboxylic acids is 1. The van der Waals surface area contributed by atoms with Gasteiger partial charge in [0.15, 0.2) is 0 Å². The fraction of sp³-hybridized carbons (Fsp3) is 0.250. The van der Waals surface area contributed by atoms with Gasteiger partial charge in [0.25, 0.3) is 0 Å². The Morgan fingerprint density at radius 3 is 2.68 bits per heavy atom. The highest BCUT2D eigenvalue weighted by atomic mass is 35.5. The molecule has 8 heteroatoms. The number of hydrogen-bond donors (Lipinski definition) is 2. The van der Waals surface area contributed by atoms with Crippen molar-refractivity contribution in [2.75, 3.05) is 18.9 Å². The van der Waals surface area contributed by atoms with E-state index >= 15 is 0 Å². The first-order valence-corrected chi connectivity index (χ1v) is 9.38. The number of likely N-dealkylation sites (tertiary alicyclic amines) is 1. The van der Waals surface area contributed by atoms with Gasteiger partial charge in [-0.1, -0.05) is 47.1 Å². The van der Waals surface area contributed by atoms with Gasteiger partial charge in [-0.2, -0.15) is 4.98 Å². The maximum Gasteiger partial charge on any atom is 0.319 e. The summed E-state index contributed by atoms with van der Waals surface area (Å²) in [6.07, 6.45) is 0.695. The van der Waals surface area contributed by atoms with Gasteiger partial charge in [-0.05, 0) is 37.7 Å². The normalized spacial score (nSPS) is 19.5. The van der Waals surface area contributed by atoms with E-state index < -0.39 is 0 Å². The van der Waals surface area contributed by atoms with Crippen molar-refractivity contribution in [1.29, 1.82) is 0 Å². The van der Waals surface area contributed by atoms with Crippen LogP contribution in [0.3, 0.4) is 0 Å². The zero-order valence-corrected chi connectivity index (χ0v) is 16.1. The molecule has 0 bridgehead atoms. The number of likely N-dealkylation sites (N-methyl/N-ethyl adjacent to an activating group) is 1. The SMILES string of the molecule is CN1CC(NC(=O)Nc2ccc(Cl)cc2)CC1c1nc(-c2ccccc2)no1. The molecule has 1 saturated heterocycles. The van der Waals surface area contributed by atoms with Crippen LogP contribution in [0.1, 0.15) is 18.4 Å². The molecule has 0 radical (unpaired) electrons. The summed E-state index contributed by atoms with van der Waals surface area (Å²) in [5.74, 6) is 1.13. The molecule has 2 heterocycles. The number of nitrogens with zero attached hydrogens (tertiary/aromatic N) is 3. The van der Waals surface area contributed by atoms with Crippen LogP contribution in [0.5, 0.6) is 0 Å². The molecule has 1 aliphatic heterocycles. The van der Waals surface area contributed by atoms with Gasteiger partial charge >= 0.3 is 6.03 Å². The van der Waals surface area contributed by atoms with Crippen molar-refractivity contribution < 1.29 is 9.32 Å². The van der Waals surface area contributed by atoms with Crippen molar-refractivity contribution in [3.8, 4) is 11.4 Å². The molecule has 0 aliphatic carbocycles. The highest BCUT2D eigenvalue weighted by molar-refractivity contribution is 6.30. The van der Waals surface area contributed by atoms with E-state index in [9.17, 15) is 4.79 Å². The van der Waals surface area contributed by atoms with Gasteiger partial charge in [-0.25, -0.2) is 4.79 Å². The van der Waals surface area contributed by atoms with Gasteiger partial charge < -0.3 is 15.2 Å². The average molecular weight is 398 g/mol. The fourth-order valence-electron chi connectivity index (χ4n) is 3.35. The number of nitrogens with one attached hydrogen (secondary N) is 2. The number of halogens is 1. The van der Waals surface area contributed by atoms with E-state index in [0.717, 1.165) is 5.56 Å². The van der Waals surface area contributed by atoms with Crippen LogP contribution in [0.15, 0.2) is 59.1 Å². The summed E-state index contributed by atoms with van der Waals surface area (Å²) in [4.78, 5) is 18.9. The van der Waals surface area contributed by atoms with E-state index in [2.05, 4.69) is 25.7 Å². The number of rotatable bonds is 4. The summed E-state index contributed by atoms with van der Waals surface area (Å²) in [5.41, 5.74) is 1.60. The van der Waals surface area contributed by atoms with Crippen LogP contribution < -0.4 is 10.6 Å². The molecule has 1 aromatic heterocycles. The summed E-state index contributed by atoms with van der Waals surface area (Å²) in [6.45, 7) is 0.696. The van der Waals surface area contributed by atoms with Gasteiger partial charge in [0.1, 0.15) is 0 Å². The van der Waals surface area contributed by atoms with Gasteiger partial charge in [0, 0.05) is 28.9 Å². The Hall–Kier alpha value is -2.90. The molecule has 2 N–H and O–H groups in total. The van der Waals surface area contributed by atoms with E-state index in [0.29, 0.717) is 35.4 Å². The van der Waals surface area contributed by atoms with Crippen LogP contribution in [0, 0.1) is 0 Å². The lowest BCUT2D eigenvalue weighted by Crippen LogP contribution is -2.39. The zero-order valence-electron chi connectivity index (χ0n) is 15.3. The number of benzene rings is 2. The summed E-state index contributed by atoms with van der Waals surface area (Å²) >= 11 is 5.86. The Morgan fingerprint density at radius 1 is 1.18 bits per heavy atom. The van der Waals surface area contributed by atoms with Crippen LogP contribution in [0.2, 0.25) is 5.02 Å². The van der Waals surface area contributed by atoms with E-state index in [1.165, 1.54) is 0 Å². The minimum atomic E-state index is -0.253. The molecule has 0 spiro atoms. The van der Waals surface area contributed by atoms with E-state index in [4.69, 9.17) is 16.1 Å². The summed E-state index contributed by atoms with van der Waals surface area (Å²) in [5, 5.41) is 10.5. The molecule has 3 aromatic rings.